The number of aryl methyl sites for hydroxylation is 2. The van der Waals surface area contributed by atoms with E-state index in [9.17, 15) is 13.6 Å². The van der Waals surface area contributed by atoms with Crippen molar-refractivity contribution < 1.29 is 18.3 Å². The summed E-state index contributed by atoms with van der Waals surface area (Å²) in [6.07, 6.45) is 0.147. The number of likely N-dealkylation sites (tertiary alicyclic amines) is 1. The summed E-state index contributed by atoms with van der Waals surface area (Å²) in [7, 11) is 2.99. The molecule has 10 heteroatoms. The van der Waals surface area contributed by atoms with Crippen molar-refractivity contribution in [2.24, 2.45) is 18.7 Å². The van der Waals surface area contributed by atoms with Crippen molar-refractivity contribution in [2.45, 2.75) is 38.8 Å². The standard InChI is InChI=1S/C19H26F2N6O2/c1-4-14-12(5-6-15(23-14)17-16(8-22)26(2)25-24-17)9-27-10-13(18(28)29-3)7-19(20,21)11-27/h5-6,13H,4,7-11,22H2,1-3H3. The molecule has 0 radical (unpaired) electrons. The number of methoxy groups -OCH3 is 1. The number of nitrogens with zero attached hydrogens (tertiary/aromatic N) is 5. The summed E-state index contributed by atoms with van der Waals surface area (Å²) in [5.74, 6) is -4.38. The van der Waals surface area contributed by atoms with Crippen molar-refractivity contribution in [3.63, 3.8) is 0 Å². The van der Waals surface area contributed by atoms with Crippen LogP contribution in [-0.2, 0) is 36.1 Å². The first-order valence-corrected chi connectivity index (χ1v) is 9.53. The lowest BCUT2D eigenvalue weighted by atomic mass is 9.94. The first-order chi connectivity index (χ1) is 13.8. The predicted molar refractivity (Wildman–Crippen MR) is 102 cm³/mol. The van der Waals surface area contributed by atoms with Gasteiger partial charge < -0.3 is 10.5 Å². The number of carbonyl (C=O) groups excluding carboxylic acids is 1. The van der Waals surface area contributed by atoms with E-state index in [1.54, 1.807) is 22.7 Å². The van der Waals surface area contributed by atoms with E-state index in [1.165, 1.54) is 7.11 Å². The van der Waals surface area contributed by atoms with Crippen molar-refractivity contribution in [2.75, 3.05) is 20.2 Å². The Morgan fingerprint density at radius 2 is 2.17 bits per heavy atom. The van der Waals surface area contributed by atoms with Crippen LogP contribution in [0.3, 0.4) is 0 Å². The SMILES string of the molecule is CCc1nc(-c2nnn(C)c2CN)ccc1CN1CC(C(=O)OC)CC(F)(F)C1. The number of piperidine rings is 1. The van der Waals surface area contributed by atoms with Gasteiger partial charge in [-0.15, -0.1) is 5.10 Å². The smallest absolute Gasteiger partial charge is 0.310 e. The Balaban J connectivity index is 1.84. The molecule has 2 aromatic heterocycles. The molecule has 0 aromatic carbocycles. The highest BCUT2D eigenvalue weighted by Crippen LogP contribution is 2.32. The zero-order valence-electron chi connectivity index (χ0n) is 16.9. The number of carbonyl (C=O) groups is 1. The van der Waals surface area contributed by atoms with E-state index in [4.69, 9.17) is 5.73 Å². The molecule has 3 heterocycles. The number of rotatable bonds is 6. The Kier molecular flexibility index (Phi) is 6.23. The Bertz CT molecular complexity index is 886. The van der Waals surface area contributed by atoms with Crippen LogP contribution >= 0.6 is 0 Å². The average molecular weight is 408 g/mol. The van der Waals surface area contributed by atoms with Crippen LogP contribution < -0.4 is 5.73 Å². The van der Waals surface area contributed by atoms with Crippen molar-refractivity contribution in [1.82, 2.24) is 24.9 Å². The van der Waals surface area contributed by atoms with Gasteiger partial charge in [-0.25, -0.2) is 8.78 Å². The minimum absolute atomic E-state index is 0.231. The van der Waals surface area contributed by atoms with E-state index in [-0.39, 0.29) is 19.6 Å². The molecule has 3 rings (SSSR count). The quantitative estimate of drug-likeness (QED) is 0.724. The lowest BCUT2D eigenvalue weighted by Crippen LogP contribution is -2.49. The van der Waals surface area contributed by atoms with Gasteiger partial charge in [0, 0.05) is 38.8 Å². The third-order valence-electron chi connectivity index (χ3n) is 5.19. The van der Waals surface area contributed by atoms with Gasteiger partial charge in [0.05, 0.1) is 31.0 Å². The van der Waals surface area contributed by atoms with Crippen LogP contribution in [0.25, 0.3) is 11.4 Å². The molecule has 29 heavy (non-hydrogen) atoms. The second-order valence-electron chi connectivity index (χ2n) is 7.32. The van der Waals surface area contributed by atoms with Crippen molar-refractivity contribution >= 4 is 5.97 Å². The number of aromatic nitrogens is 4. The van der Waals surface area contributed by atoms with E-state index in [2.05, 4.69) is 20.0 Å². The highest BCUT2D eigenvalue weighted by molar-refractivity contribution is 5.72. The molecule has 1 atom stereocenters. The first-order valence-electron chi connectivity index (χ1n) is 9.53. The highest BCUT2D eigenvalue weighted by Gasteiger charge is 2.43. The Hall–Kier alpha value is -2.46. The van der Waals surface area contributed by atoms with Gasteiger partial charge in [0.25, 0.3) is 5.92 Å². The summed E-state index contributed by atoms with van der Waals surface area (Å²) >= 11 is 0. The number of alkyl halides is 2. The monoisotopic (exact) mass is 408 g/mol. The van der Waals surface area contributed by atoms with Gasteiger partial charge in [0.15, 0.2) is 0 Å². The molecule has 0 spiro atoms. The Morgan fingerprint density at radius 1 is 1.41 bits per heavy atom. The molecule has 1 saturated heterocycles. The lowest BCUT2D eigenvalue weighted by Gasteiger charge is -2.36. The topological polar surface area (TPSA) is 99.2 Å². The van der Waals surface area contributed by atoms with Gasteiger partial charge in [-0.3, -0.25) is 19.4 Å². The molecule has 0 saturated carbocycles. The molecule has 2 aromatic rings. The van der Waals surface area contributed by atoms with Crippen LogP contribution in [0.2, 0.25) is 0 Å². The van der Waals surface area contributed by atoms with Crippen LogP contribution in [0.5, 0.6) is 0 Å². The summed E-state index contributed by atoms with van der Waals surface area (Å²) in [5.41, 5.74) is 9.46. The molecular weight excluding hydrogens is 382 g/mol. The molecule has 2 N–H and O–H groups in total. The van der Waals surface area contributed by atoms with Crippen LogP contribution in [0.4, 0.5) is 8.78 Å². The Labute approximate surface area is 168 Å². The molecular formula is C19H26F2N6O2. The van der Waals surface area contributed by atoms with Crippen LogP contribution in [-0.4, -0.2) is 57.0 Å². The van der Waals surface area contributed by atoms with Gasteiger partial charge in [-0.1, -0.05) is 18.2 Å². The van der Waals surface area contributed by atoms with E-state index < -0.39 is 30.8 Å². The number of nitrogens with two attached hydrogens (primary N) is 1. The van der Waals surface area contributed by atoms with Crippen molar-refractivity contribution in [3.05, 3.63) is 29.1 Å². The van der Waals surface area contributed by atoms with Crippen molar-refractivity contribution in [1.29, 1.82) is 0 Å². The fourth-order valence-corrected chi connectivity index (χ4v) is 3.80. The van der Waals surface area contributed by atoms with Crippen LogP contribution in [0.1, 0.15) is 30.3 Å². The van der Waals surface area contributed by atoms with E-state index >= 15 is 0 Å². The summed E-state index contributed by atoms with van der Waals surface area (Å²) in [5, 5.41) is 8.14. The van der Waals surface area contributed by atoms with Gasteiger partial charge >= 0.3 is 5.97 Å². The lowest BCUT2D eigenvalue weighted by molar-refractivity contribution is -0.157. The van der Waals surface area contributed by atoms with Gasteiger partial charge in [0.1, 0.15) is 5.69 Å². The second-order valence-corrected chi connectivity index (χ2v) is 7.32. The van der Waals surface area contributed by atoms with Gasteiger partial charge in [0.2, 0.25) is 0 Å². The molecule has 0 aliphatic carbocycles. The fourth-order valence-electron chi connectivity index (χ4n) is 3.80. The van der Waals surface area contributed by atoms with Crippen LogP contribution in [0, 0.1) is 5.92 Å². The maximum absolute atomic E-state index is 14.2. The summed E-state index contributed by atoms with van der Waals surface area (Å²) in [4.78, 5) is 18.1. The van der Waals surface area contributed by atoms with E-state index in [0.29, 0.717) is 17.8 Å². The highest BCUT2D eigenvalue weighted by atomic mass is 19.3. The number of pyridine rings is 1. The predicted octanol–water partition coefficient (Wildman–Crippen LogP) is 1.53. The average Bonchev–Trinajstić information content (AvgIpc) is 3.06. The zero-order valence-corrected chi connectivity index (χ0v) is 16.9. The Morgan fingerprint density at radius 3 is 2.83 bits per heavy atom. The van der Waals surface area contributed by atoms with Crippen LogP contribution in [0.15, 0.2) is 12.1 Å². The third-order valence-corrected chi connectivity index (χ3v) is 5.19. The maximum Gasteiger partial charge on any atom is 0.310 e. The summed E-state index contributed by atoms with van der Waals surface area (Å²) < 4.78 is 34.6. The van der Waals surface area contributed by atoms with E-state index in [0.717, 1.165) is 17.0 Å². The number of halogens is 2. The second kappa shape index (κ2) is 8.50. The maximum atomic E-state index is 14.2. The normalized spacial score (nSPS) is 19.3. The number of hydrogen-bond donors (Lipinski definition) is 1. The fraction of sp³-hybridized carbons (Fsp3) is 0.579. The summed E-state index contributed by atoms with van der Waals surface area (Å²) in [6, 6.07) is 3.67. The summed E-state index contributed by atoms with van der Waals surface area (Å²) in [6.45, 7) is 2.35. The number of hydrogen-bond acceptors (Lipinski definition) is 7. The minimum Gasteiger partial charge on any atom is -0.469 e. The molecule has 1 fully saturated rings. The number of ether oxygens (including phenoxy) is 1. The van der Waals surface area contributed by atoms with E-state index in [1.807, 2.05) is 13.0 Å². The first kappa shape index (κ1) is 21.3. The van der Waals surface area contributed by atoms with Gasteiger partial charge in [-0.2, -0.15) is 0 Å². The number of esters is 1. The van der Waals surface area contributed by atoms with Gasteiger partial charge in [-0.05, 0) is 18.1 Å². The third kappa shape index (κ3) is 4.59. The van der Waals surface area contributed by atoms with Crippen molar-refractivity contribution in [3.8, 4) is 11.4 Å². The molecule has 8 nitrogen and oxygen atoms in total. The minimum atomic E-state index is -2.94. The largest absolute Gasteiger partial charge is 0.469 e. The zero-order chi connectivity index (χ0) is 21.2. The molecule has 1 unspecified atom stereocenters. The molecule has 0 amide bonds. The molecule has 0 bridgehead atoms. The molecule has 1 aliphatic heterocycles. The molecule has 1 aliphatic rings. The molecule has 158 valence electrons.